The number of nitrogens with one attached hydrogen (secondary N) is 1. The van der Waals surface area contributed by atoms with Gasteiger partial charge in [0, 0.05) is 19.5 Å². The quantitative estimate of drug-likeness (QED) is 0.0806. The average Bonchev–Trinajstić information content (AvgIpc) is 3.07. The molecule has 0 heterocycles. The summed E-state index contributed by atoms with van der Waals surface area (Å²) in [5, 5.41) is 2.93. The van der Waals surface area contributed by atoms with Crippen LogP contribution in [0.1, 0.15) is 74.5 Å². The summed E-state index contributed by atoms with van der Waals surface area (Å²) in [7, 11) is 1.72. The SMILES string of the molecule is COc1ccc(C(SCCCCCCCCCCC(=O)NCCOCCOCCN)(c2ccccc2)c2ccccc2)cc1. The second kappa shape index (κ2) is 21.8. The van der Waals surface area contributed by atoms with Crippen molar-refractivity contribution >= 4 is 17.7 Å². The zero-order valence-electron chi connectivity index (χ0n) is 26.5. The Hall–Kier alpha value is -2.84. The highest BCUT2D eigenvalue weighted by Crippen LogP contribution is 2.49. The molecule has 3 N–H and O–H groups in total. The van der Waals surface area contributed by atoms with Gasteiger partial charge in [0.25, 0.3) is 0 Å². The first kappa shape index (κ1) is 35.6. The highest BCUT2D eigenvalue weighted by molar-refractivity contribution is 8.00. The minimum absolute atomic E-state index is 0.113. The van der Waals surface area contributed by atoms with E-state index in [2.05, 4.69) is 90.2 Å². The highest BCUT2D eigenvalue weighted by Gasteiger charge is 2.36. The summed E-state index contributed by atoms with van der Waals surface area (Å²) >= 11 is 2.03. The van der Waals surface area contributed by atoms with Crippen molar-refractivity contribution in [1.29, 1.82) is 0 Å². The number of benzene rings is 3. The highest BCUT2D eigenvalue weighted by atomic mass is 32.2. The van der Waals surface area contributed by atoms with Crippen LogP contribution in [0.4, 0.5) is 0 Å². The van der Waals surface area contributed by atoms with E-state index in [1.54, 1.807) is 7.11 Å². The molecule has 0 unspecified atom stereocenters. The summed E-state index contributed by atoms with van der Waals surface area (Å²) < 4.78 is 15.9. The number of thioether (sulfide) groups is 1. The van der Waals surface area contributed by atoms with E-state index in [-0.39, 0.29) is 10.7 Å². The van der Waals surface area contributed by atoms with Crippen LogP contribution in [0.15, 0.2) is 84.9 Å². The lowest BCUT2D eigenvalue weighted by atomic mass is 9.84. The Balaban J connectivity index is 1.35. The number of rotatable bonds is 24. The van der Waals surface area contributed by atoms with Crippen LogP contribution in [0.3, 0.4) is 0 Å². The molecule has 0 saturated carbocycles. The van der Waals surface area contributed by atoms with Crippen molar-refractivity contribution in [3.05, 3.63) is 102 Å². The van der Waals surface area contributed by atoms with Gasteiger partial charge in [-0.15, -0.1) is 11.8 Å². The lowest BCUT2D eigenvalue weighted by molar-refractivity contribution is -0.121. The largest absolute Gasteiger partial charge is 0.497 e. The van der Waals surface area contributed by atoms with Gasteiger partial charge >= 0.3 is 0 Å². The maximum atomic E-state index is 12.0. The maximum Gasteiger partial charge on any atom is 0.220 e. The van der Waals surface area contributed by atoms with Crippen LogP contribution in [0.25, 0.3) is 0 Å². The Morgan fingerprint density at radius 3 is 1.77 bits per heavy atom. The van der Waals surface area contributed by atoms with Crippen LogP contribution in [0.5, 0.6) is 5.75 Å². The van der Waals surface area contributed by atoms with Gasteiger partial charge in [0.15, 0.2) is 0 Å². The first-order valence-corrected chi connectivity index (χ1v) is 17.2. The normalized spacial score (nSPS) is 11.4. The fourth-order valence-corrected chi connectivity index (χ4v) is 6.91. The summed E-state index contributed by atoms with van der Waals surface area (Å²) in [6, 6.07) is 30.3. The predicted molar refractivity (Wildman–Crippen MR) is 183 cm³/mol. The molecule has 7 heteroatoms. The van der Waals surface area contributed by atoms with Gasteiger partial charge in [-0.25, -0.2) is 0 Å². The van der Waals surface area contributed by atoms with Crippen molar-refractivity contribution in [2.24, 2.45) is 5.73 Å². The fourth-order valence-electron chi connectivity index (χ4n) is 5.35. The third-order valence-electron chi connectivity index (χ3n) is 7.68. The van der Waals surface area contributed by atoms with Gasteiger partial charge < -0.3 is 25.3 Å². The van der Waals surface area contributed by atoms with Crippen molar-refractivity contribution in [3.8, 4) is 5.75 Å². The van der Waals surface area contributed by atoms with E-state index in [0.29, 0.717) is 45.9 Å². The van der Waals surface area contributed by atoms with Gasteiger partial charge in [0.2, 0.25) is 5.91 Å². The first-order valence-electron chi connectivity index (χ1n) is 16.2. The molecule has 0 saturated heterocycles. The third kappa shape index (κ3) is 12.3. The minimum Gasteiger partial charge on any atom is -0.497 e. The van der Waals surface area contributed by atoms with Gasteiger partial charge in [-0.05, 0) is 47.4 Å². The summed E-state index contributed by atoms with van der Waals surface area (Å²) in [6.07, 6.45) is 10.0. The summed E-state index contributed by atoms with van der Waals surface area (Å²) in [5.74, 6) is 2.07. The lowest BCUT2D eigenvalue weighted by Gasteiger charge is -2.35. The zero-order chi connectivity index (χ0) is 31.1. The van der Waals surface area contributed by atoms with Crippen LogP contribution in [-0.4, -0.2) is 58.3 Å². The van der Waals surface area contributed by atoms with E-state index >= 15 is 0 Å². The third-order valence-corrected chi connectivity index (χ3v) is 9.31. The molecule has 0 bridgehead atoms. The number of ether oxygens (including phenoxy) is 3. The predicted octanol–water partition coefficient (Wildman–Crippen LogP) is 7.34. The number of amides is 1. The van der Waals surface area contributed by atoms with Crippen molar-refractivity contribution in [1.82, 2.24) is 5.32 Å². The van der Waals surface area contributed by atoms with Crippen LogP contribution in [0.2, 0.25) is 0 Å². The molecule has 0 aliphatic rings. The fraction of sp³-hybridized carbons (Fsp3) is 0.486. The number of unbranched alkanes of at least 4 members (excludes halogenated alkanes) is 7. The van der Waals surface area contributed by atoms with E-state index < -0.39 is 0 Å². The van der Waals surface area contributed by atoms with Crippen molar-refractivity contribution in [3.63, 3.8) is 0 Å². The Kier molecular flexibility index (Phi) is 17.7. The molecule has 0 aliphatic heterocycles. The van der Waals surface area contributed by atoms with Gasteiger partial charge in [0.1, 0.15) is 5.75 Å². The molecule has 0 atom stereocenters. The van der Waals surface area contributed by atoms with E-state index in [1.807, 2.05) is 11.8 Å². The van der Waals surface area contributed by atoms with E-state index in [0.717, 1.165) is 24.3 Å². The molecule has 1 amide bonds. The smallest absolute Gasteiger partial charge is 0.220 e. The number of hydrogen-bond acceptors (Lipinski definition) is 6. The van der Waals surface area contributed by atoms with Crippen molar-refractivity contribution in [2.45, 2.75) is 62.5 Å². The minimum atomic E-state index is -0.284. The van der Waals surface area contributed by atoms with E-state index in [4.69, 9.17) is 19.9 Å². The molecular formula is C37H52N2O4S. The number of methoxy groups -OCH3 is 1. The molecule has 44 heavy (non-hydrogen) atoms. The summed E-state index contributed by atoms with van der Waals surface area (Å²) in [6.45, 7) is 3.20. The van der Waals surface area contributed by atoms with E-state index in [9.17, 15) is 4.79 Å². The van der Waals surface area contributed by atoms with Crippen LogP contribution in [0, 0.1) is 0 Å². The Morgan fingerprint density at radius 2 is 1.20 bits per heavy atom. The van der Waals surface area contributed by atoms with Gasteiger partial charge in [-0.1, -0.05) is 111 Å². The van der Waals surface area contributed by atoms with Gasteiger partial charge in [0.05, 0.1) is 38.3 Å². The lowest BCUT2D eigenvalue weighted by Crippen LogP contribution is -2.27. The Bertz CT molecular complexity index is 1110. The summed E-state index contributed by atoms with van der Waals surface area (Å²) in [5.41, 5.74) is 9.24. The van der Waals surface area contributed by atoms with Crippen LogP contribution in [-0.2, 0) is 19.0 Å². The number of hydrogen-bond donors (Lipinski definition) is 2. The zero-order valence-corrected chi connectivity index (χ0v) is 27.3. The monoisotopic (exact) mass is 620 g/mol. The Labute approximate surface area is 269 Å². The number of nitrogens with two attached hydrogens (primary N) is 1. The Morgan fingerprint density at radius 1 is 0.682 bits per heavy atom. The number of carbonyl (C=O) groups excluding carboxylic acids is 1. The van der Waals surface area contributed by atoms with Crippen LogP contribution >= 0.6 is 11.8 Å². The second-order valence-electron chi connectivity index (χ2n) is 10.9. The maximum absolute atomic E-state index is 12.0. The first-order chi connectivity index (χ1) is 21.7. The van der Waals surface area contributed by atoms with Crippen LogP contribution < -0.4 is 15.8 Å². The molecule has 3 rings (SSSR count). The molecule has 0 aromatic heterocycles. The molecule has 0 aliphatic carbocycles. The van der Waals surface area contributed by atoms with Crippen molar-refractivity contribution in [2.75, 3.05) is 52.4 Å². The molecule has 3 aromatic carbocycles. The average molecular weight is 621 g/mol. The van der Waals surface area contributed by atoms with Gasteiger partial charge in [-0.2, -0.15) is 0 Å². The topological polar surface area (TPSA) is 82.8 Å². The molecule has 240 valence electrons. The van der Waals surface area contributed by atoms with E-state index in [1.165, 1.54) is 55.2 Å². The van der Waals surface area contributed by atoms with Crippen molar-refractivity contribution < 1.29 is 19.0 Å². The standard InChI is InChI=1S/C37H52N2O4S/c1-41-35-23-21-34(22-24-35)37(32-16-10-8-11-17-32,33-18-12-9-13-19-33)44-31-15-7-5-3-2-4-6-14-20-36(40)39-26-28-43-30-29-42-27-25-38/h8-13,16-19,21-24H,2-7,14-15,20,25-31,38H2,1H3,(H,39,40). The molecule has 0 radical (unpaired) electrons. The summed E-state index contributed by atoms with van der Waals surface area (Å²) in [4.78, 5) is 12.0. The number of carbonyl (C=O) groups is 1. The van der Waals surface area contributed by atoms with Gasteiger partial charge in [-0.3, -0.25) is 4.79 Å². The second-order valence-corrected chi connectivity index (χ2v) is 12.2. The molecule has 6 nitrogen and oxygen atoms in total. The molecule has 3 aromatic rings. The molecular weight excluding hydrogens is 568 g/mol. The molecule has 0 fully saturated rings. The molecule has 0 spiro atoms.